The van der Waals surface area contributed by atoms with E-state index in [0.717, 1.165) is 25.7 Å². The fourth-order valence-corrected chi connectivity index (χ4v) is 6.57. The molecule has 0 saturated heterocycles. The molecule has 5 aliphatic carbocycles. The smallest absolute Gasteiger partial charge is 0.672 e. The summed E-state index contributed by atoms with van der Waals surface area (Å²) < 4.78 is 14.0. The minimum Gasteiger partial charge on any atom is -0.672 e. The van der Waals surface area contributed by atoms with Crippen LogP contribution in [0.3, 0.4) is 0 Å². The van der Waals surface area contributed by atoms with Gasteiger partial charge in [0.2, 0.25) is 0 Å². The van der Waals surface area contributed by atoms with Gasteiger partial charge in [-0.3, -0.25) is 6.08 Å². The Bertz CT molecular complexity index is 961. The van der Waals surface area contributed by atoms with Crippen molar-refractivity contribution < 1.29 is 30.6 Å². The maximum atomic E-state index is 14.0. The molecular formula is C33H45FGeNZr. The molecule has 3 unspecified atom stereocenters. The molecule has 4 heteroatoms. The van der Waals surface area contributed by atoms with Crippen LogP contribution < -0.4 is 0 Å². The molecule has 2 aromatic carbocycles. The van der Waals surface area contributed by atoms with E-state index in [1.54, 1.807) is 0 Å². The number of rotatable bonds is 1. The third-order valence-electron chi connectivity index (χ3n) is 8.11. The summed E-state index contributed by atoms with van der Waals surface area (Å²) in [7, 11) is 0. The molecule has 2 aromatic rings. The fraction of sp³-hybridized carbons (Fsp3) is 0.515. The second-order valence-electron chi connectivity index (χ2n) is 11.5. The van der Waals surface area contributed by atoms with Crippen molar-refractivity contribution in [3.8, 4) is 11.1 Å². The van der Waals surface area contributed by atoms with Crippen LogP contribution in [-0.2, 0) is 26.2 Å². The van der Waals surface area contributed by atoms with Gasteiger partial charge >= 0.3 is 53.1 Å². The van der Waals surface area contributed by atoms with Crippen molar-refractivity contribution in [2.75, 3.05) is 0 Å². The summed E-state index contributed by atoms with van der Waals surface area (Å²) >= 11 is 0.312. The Balaban J connectivity index is 0.000000185. The van der Waals surface area contributed by atoms with Crippen molar-refractivity contribution in [1.29, 1.82) is 0 Å². The third-order valence-corrected chi connectivity index (χ3v) is 8.11. The van der Waals surface area contributed by atoms with E-state index in [9.17, 15) is 4.39 Å². The van der Waals surface area contributed by atoms with E-state index in [1.165, 1.54) is 34.3 Å². The van der Waals surface area contributed by atoms with Crippen molar-refractivity contribution in [2.45, 2.75) is 88.9 Å². The largest absolute Gasteiger partial charge is 2.00 e. The van der Waals surface area contributed by atoms with Gasteiger partial charge in [-0.2, -0.15) is 11.1 Å². The second kappa shape index (κ2) is 14.6. The van der Waals surface area contributed by atoms with E-state index in [-0.39, 0.29) is 31.7 Å². The van der Waals surface area contributed by atoms with Crippen molar-refractivity contribution in [3.63, 3.8) is 0 Å². The molecular weight excluding hydrogens is 593 g/mol. The average Bonchev–Trinajstić information content (AvgIpc) is 3.04. The molecule has 4 fully saturated rings. The summed E-state index contributed by atoms with van der Waals surface area (Å²) in [4.78, 5) is 0. The second-order valence-corrected chi connectivity index (χ2v) is 13.9. The number of nitrogens with one attached hydrogen (secondary N) is 1. The number of hydrogen-bond donors (Lipinski definition) is 0. The molecule has 7 rings (SSSR count). The van der Waals surface area contributed by atoms with E-state index in [4.69, 9.17) is 5.73 Å². The monoisotopic (exact) mass is 638 g/mol. The molecule has 0 aromatic heterocycles. The van der Waals surface area contributed by atoms with Gasteiger partial charge in [0.05, 0.1) is 0 Å². The summed E-state index contributed by atoms with van der Waals surface area (Å²) in [5.74, 6) is 6.22. The predicted molar refractivity (Wildman–Crippen MR) is 156 cm³/mol. The van der Waals surface area contributed by atoms with Crippen LogP contribution >= 0.6 is 0 Å². The number of hydrogen-bond acceptors (Lipinski definition) is 0. The van der Waals surface area contributed by atoms with Crippen LogP contribution in [0, 0.1) is 23.8 Å². The molecule has 37 heavy (non-hydrogen) atoms. The van der Waals surface area contributed by atoms with Gasteiger partial charge < -0.3 is 5.73 Å². The maximum absolute atomic E-state index is 14.0. The molecule has 0 amide bonds. The zero-order valence-electron chi connectivity index (χ0n) is 23.7. The molecule has 0 spiro atoms. The van der Waals surface area contributed by atoms with Crippen molar-refractivity contribution in [1.82, 2.24) is 0 Å². The standard InChI is InChI=1S/C12H10.C10H15FN.C9H13.C2H7Ge.Zr/c1-3-7-11(8-4-1)12-9-5-2-6-10-12;11-9-2-7-1-8(3-9)5-10(12,4-7)6-9;1-6-5-7(2)9(4)8(6)3;1-3-2;/h1-10H;7-8,12H,1-6H2;6H,1-4H3;3H,1-2H3;/q;2*-1;;+2. The van der Waals surface area contributed by atoms with Gasteiger partial charge in [0.1, 0.15) is 5.67 Å². The van der Waals surface area contributed by atoms with E-state index in [2.05, 4.69) is 93.8 Å². The molecule has 1 N–H and O–H groups in total. The molecule has 4 bridgehead atoms. The van der Waals surface area contributed by atoms with E-state index in [1.807, 2.05) is 12.1 Å². The summed E-state index contributed by atoms with van der Waals surface area (Å²) in [6, 6.07) is 20.8. The molecule has 0 aliphatic heterocycles. The van der Waals surface area contributed by atoms with Gasteiger partial charge in [0.15, 0.2) is 0 Å². The minimum atomic E-state index is -0.925. The predicted octanol–water partition coefficient (Wildman–Crippen LogP) is 9.69. The fourth-order valence-electron chi connectivity index (χ4n) is 6.57. The van der Waals surface area contributed by atoms with Crippen LogP contribution in [0.1, 0.15) is 66.2 Å². The van der Waals surface area contributed by atoms with Crippen LogP contribution in [0.5, 0.6) is 0 Å². The number of benzene rings is 2. The normalized spacial score (nSPS) is 30.5. The summed E-state index contributed by atoms with van der Waals surface area (Å²) in [5, 5.41) is 0. The Morgan fingerprint density at radius 1 is 0.838 bits per heavy atom. The SMILES string of the molecule is CC1=[C-]C(C)C(C)=C1C.[CH3][GeH][CH3].[NH-]C12CC3CC(C1)CC(F)(C3)C2.[Zr+2].c1ccc(-c2ccccc2)cc1. The van der Waals surface area contributed by atoms with E-state index < -0.39 is 5.67 Å². The molecule has 0 heterocycles. The first-order chi connectivity index (χ1) is 17.1. The first kappa shape index (κ1) is 32.4. The van der Waals surface area contributed by atoms with E-state index in [0.29, 0.717) is 39.6 Å². The van der Waals surface area contributed by atoms with Gasteiger partial charge in [-0.05, 0) is 48.6 Å². The number of allylic oxidation sites excluding steroid dienone is 4. The maximum Gasteiger partial charge on any atom is 2.00 e. The van der Waals surface area contributed by atoms with Crippen molar-refractivity contribution in [3.05, 3.63) is 89.2 Å². The Kier molecular flexibility index (Phi) is 12.8. The molecule has 4 saturated carbocycles. The Morgan fingerprint density at radius 2 is 1.27 bits per heavy atom. The van der Waals surface area contributed by atoms with Crippen LogP contribution in [0.2, 0.25) is 11.5 Å². The quantitative estimate of drug-likeness (QED) is 0.220. The summed E-state index contributed by atoms with van der Waals surface area (Å²) in [6.07, 6.45) is 8.61. The Labute approximate surface area is 251 Å². The van der Waals surface area contributed by atoms with Crippen molar-refractivity contribution in [2.24, 2.45) is 17.8 Å². The topological polar surface area (TPSA) is 23.8 Å². The first-order valence-electron chi connectivity index (χ1n) is 13.6. The van der Waals surface area contributed by atoms with Gasteiger partial charge in [-0.1, -0.05) is 100 Å². The summed E-state index contributed by atoms with van der Waals surface area (Å²) in [6.45, 7) is 8.67. The zero-order valence-corrected chi connectivity index (χ0v) is 28.6. The Hall–Kier alpha value is -0.764. The first-order valence-corrected chi connectivity index (χ1v) is 18.5. The van der Waals surface area contributed by atoms with Crippen LogP contribution in [-0.4, -0.2) is 26.6 Å². The van der Waals surface area contributed by atoms with Crippen LogP contribution in [0.15, 0.2) is 77.4 Å². The average molecular weight is 639 g/mol. The minimum absolute atomic E-state index is 0. The van der Waals surface area contributed by atoms with Crippen LogP contribution in [0.25, 0.3) is 16.9 Å². The van der Waals surface area contributed by atoms with Gasteiger partial charge in [0.25, 0.3) is 0 Å². The molecule has 1 radical (unpaired) electrons. The molecule has 5 aliphatic rings. The molecule has 1 nitrogen and oxygen atoms in total. The van der Waals surface area contributed by atoms with Gasteiger partial charge in [-0.15, -0.1) is 12.5 Å². The van der Waals surface area contributed by atoms with Crippen molar-refractivity contribution >= 4 is 15.4 Å². The van der Waals surface area contributed by atoms with Gasteiger partial charge in [0, 0.05) is 0 Å². The number of alkyl halides is 1. The number of halogens is 1. The van der Waals surface area contributed by atoms with E-state index >= 15 is 0 Å². The third kappa shape index (κ3) is 9.15. The van der Waals surface area contributed by atoms with Crippen LogP contribution in [0.4, 0.5) is 4.39 Å². The zero-order chi connectivity index (χ0) is 26.3. The Morgan fingerprint density at radius 3 is 1.54 bits per heavy atom. The molecule has 197 valence electrons. The van der Waals surface area contributed by atoms with Gasteiger partial charge in [-0.25, -0.2) is 9.96 Å². The molecule has 3 atom stereocenters. The summed E-state index contributed by atoms with van der Waals surface area (Å²) in [5.41, 5.74) is 13.6.